The molecule has 0 bridgehead atoms. The first-order chi connectivity index (χ1) is 14.3. The van der Waals surface area contributed by atoms with Gasteiger partial charge in [0.2, 0.25) is 11.8 Å². The third kappa shape index (κ3) is 7.37. The maximum absolute atomic E-state index is 12.8. The summed E-state index contributed by atoms with van der Waals surface area (Å²) < 4.78 is 5.24. The van der Waals surface area contributed by atoms with Crippen LogP contribution < -0.4 is 5.32 Å². The lowest BCUT2D eigenvalue weighted by molar-refractivity contribution is -0.134. The number of benzene rings is 1. The van der Waals surface area contributed by atoms with Crippen LogP contribution in [-0.4, -0.2) is 57.5 Å². The molecule has 0 aromatic heterocycles. The number of rotatable bonds is 10. The number of nitrogens with zero attached hydrogens (tertiary/aromatic N) is 1. The quantitative estimate of drug-likeness (QED) is 0.580. The maximum Gasteiger partial charge on any atom is 0.417 e. The lowest BCUT2D eigenvalue weighted by atomic mass is 10.0. The lowest BCUT2D eigenvalue weighted by Gasteiger charge is -2.25. The van der Waals surface area contributed by atoms with E-state index in [-0.39, 0.29) is 37.2 Å². The van der Waals surface area contributed by atoms with Crippen LogP contribution in [-0.2, 0) is 25.7 Å². The van der Waals surface area contributed by atoms with Gasteiger partial charge in [-0.1, -0.05) is 44.2 Å². The summed E-state index contributed by atoms with van der Waals surface area (Å²) in [5, 5.41) is 11.7. The van der Waals surface area contributed by atoms with E-state index in [0.29, 0.717) is 12.2 Å². The maximum atomic E-state index is 12.8. The van der Waals surface area contributed by atoms with E-state index in [2.05, 4.69) is 5.32 Å². The third-order valence-electron chi connectivity index (χ3n) is 4.56. The summed E-state index contributed by atoms with van der Waals surface area (Å²) in [6, 6.07) is 7.91. The molecule has 2 rings (SSSR count). The van der Waals surface area contributed by atoms with Crippen molar-refractivity contribution in [1.29, 1.82) is 0 Å². The van der Waals surface area contributed by atoms with E-state index >= 15 is 0 Å². The Bertz CT molecular complexity index is 755. The topological polar surface area (TPSA) is 113 Å². The fourth-order valence-electron chi connectivity index (χ4n) is 3.27. The van der Waals surface area contributed by atoms with E-state index < -0.39 is 29.9 Å². The van der Waals surface area contributed by atoms with E-state index in [1.807, 2.05) is 32.0 Å². The number of hydrogen-bond donors (Lipinski definition) is 2. The van der Waals surface area contributed by atoms with E-state index in [4.69, 9.17) is 9.84 Å². The Labute approximate surface area is 180 Å². The van der Waals surface area contributed by atoms with Gasteiger partial charge in [0.05, 0.1) is 5.75 Å². The van der Waals surface area contributed by atoms with Gasteiger partial charge in [-0.05, 0) is 24.3 Å². The molecule has 0 aliphatic carbocycles. The number of carboxylic acid groups (broad SMARTS) is 1. The first-order valence-corrected chi connectivity index (χ1v) is 11.1. The number of likely N-dealkylation sites (tertiary alicyclic amines) is 1. The Morgan fingerprint density at radius 2 is 1.97 bits per heavy atom. The van der Waals surface area contributed by atoms with Crippen molar-refractivity contribution in [2.24, 2.45) is 5.92 Å². The van der Waals surface area contributed by atoms with Crippen LogP contribution in [0.5, 0.6) is 0 Å². The molecule has 0 saturated carbocycles. The summed E-state index contributed by atoms with van der Waals surface area (Å²) in [5.41, 5.74) is 0.783. The molecule has 2 N–H and O–H groups in total. The number of nitrogens with one attached hydrogen (secondary N) is 1. The molecule has 1 aliphatic heterocycles. The third-order valence-corrected chi connectivity index (χ3v) is 5.65. The molecular weight excluding hydrogens is 408 g/mol. The molecular formula is C21H28N2O6S. The van der Waals surface area contributed by atoms with Crippen LogP contribution in [0.4, 0.5) is 4.79 Å². The molecule has 3 amide bonds. The Morgan fingerprint density at radius 1 is 1.27 bits per heavy atom. The second kappa shape index (κ2) is 11.6. The zero-order valence-electron chi connectivity index (χ0n) is 17.2. The van der Waals surface area contributed by atoms with Crippen LogP contribution in [0.2, 0.25) is 0 Å². The number of aliphatic carboxylic acids is 1. The Kier molecular flexibility index (Phi) is 9.16. The minimum Gasteiger partial charge on any atom is -0.481 e. The van der Waals surface area contributed by atoms with Crippen LogP contribution in [0.3, 0.4) is 0 Å². The average molecular weight is 437 g/mol. The standard InChI is InChI=1S/C21H28N2O6S/c1-14(2)10-16(12-30-13-19(25)26)22-20(27)17-8-9-18(24)23(17)21(28)29-11-15-6-4-3-5-7-15/h3-7,14,16-17H,8-13H2,1-2H3,(H,22,27)(H,25,26)/t16-,17-/m0/s1. The van der Waals surface area contributed by atoms with Crippen molar-refractivity contribution in [3.63, 3.8) is 0 Å². The minimum absolute atomic E-state index is 0.0135. The highest BCUT2D eigenvalue weighted by Crippen LogP contribution is 2.21. The van der Waals surface area contributed by atoms with Crippen molar-refractivity contribution in [3.8, 4) is 0 Å². The Balaban J connectivity index is 1.97. The predicted octanol–water partition coefficient (Wildman–Crippen LogP) is 2.66. The molecule has 9 heteroatoms. The molecule has 8 nitrogen and oxygen atoms in total. The number of amides is 3. The minimum atomic E-state index is -0.917. The van der Waals surface area contributed by atoms with Gasteiger partial charge in [0.25, 0.3) is 0 Å². The van der Waals surface area contributed by atoms with Crippen LogP contribution >= 0.6 is 11.8 Å². The first kappa shape index (κ1) is 23.7. The summed E-state index contributed by atoms with van der Waals surface area (Å²) in [6.45, 7) is 4.03. The van der Waals surface area contributed by atoms with Gasteiger partial charge in [0, 0.05) is 18.2 Å². The first-order valence-electron chi connectivity index (χ1n) is 9.90. The van der Waals surface area contributed by atoms with Gasteiger partial charge in [-0.3, -0.25) is 14.4 Å². The number of carbonyl (C=O) groups is 4. The van der Waals surface area contributed by atoms with Crippen LogP contribution in [0, 0.1) is 5.92 Å². The van der Waals surface area contributed by atoms with Crippen molar-refractivity contribution in [1.82, 2.24) is 10.2 Å². The van der Waals surface area contributed by atoms with E-state index in [0.717, 1.165) is 10.5 Å². The second-order valence-electron chi connectivity index (χ2n) is 7.60. The molecule has 30 heavy (non-hydrogen) atoms. The number of ether oxygens (including phenoxy) is 1. The van der Waals surface area contributed by atoms with Crippen molar-refractivity contribution in [3.05, 3.63) is 35.9 Å². The van der Waals surface area contributed by atoms with Crippen LogP contribution in [0.25, 0.3) is 0 Å². The zero-order valence-corrected chi connectivity index (χ0v) is 18.0. The van der Waals surface area contributed by atoms with Gasteiger partial charge in [0.15, 0.2) is 0 Å². The molecule has 1 aromatic rings. The summed E-state index contributed by atoms with van der Waals surface area (Å²) in [6.07, 6.45) is 0.169. The molecule has 1 fully saturated rings. The fraction of sp³-hybridized carbons (Fsp3) is 0.524. The zero-order chi connectivity index (χ0) is 22.1. The Hall–Kier alpha value is -2.55. The smallest absolute Gasteiger partial charge is 0.417 e. The van der Waals surface area contributed by atoms with Crippen molar-refractivity contribution in [2.45, 2.75) is 51.8 Å². The van der Waals surface area contributed by atoms with Gasteiger partial charge in [-0.2, -0.15) is 0 Å². The highest BCUT2D eigenvalue weighted by atomic mass is 32.2. The molecule has 2 atom stereocenters. The van der Waals surface area contributed by atoms with Crippen LogP contribution in [0.15, 0.2) is 30.3 Å². The van der Waals surface area contributed by atoms with E-state index in [9.17, 15) is 19.2 Å². The Morgan fingerprint density at radius 3 is 2.60 bits per heavy atom. The van der Waals surface area contributed by atoms with Crippen molar-refractivity contribution in [2.75, 3.05) is 11.5 Å². The van der Waals surface area contributed by atoms with Gasteiger partial charge >= 0.3 is 12.1 Å². The highest BCUT2D eigenvalue weighted by Gasteiger charge is 2.41. The molecule has 0 spiro atoms. The molecule has 0 unspecified atom stereocenters. The fourth-order valence-corrected chi connectivity index (χ4v) is 4.07. The number of imide groups is 1. The summed E-state index contributed by atoms with van der Waals surface area (Å²) >= 11 is 1.22. The second-order valence-corrected chi connectivity index (χ2v) is 8.63. The largest absolute Gasteiger partial charge is 0.481 e. The summed E-state index contributed by atoms with van der Waals surface area (Å²) in [4.78, 5) is 49.2. The molecule has 1 heterocycles. The van der Waals surface area contributed by atoms with Crippen LogP contribution in [0.1, 0.15) is 38.7 Å². The molecule has 1 saturated heterocycles. The number of carboxylic acids is 1. The molecule has 164 valence electrons. The van der Waals surface area contributed by atoms with E-state index in [1.165, 1.54) is 11.8 Å². The van der Waals surface area contributed by atoms with Gasteiger partial charge in [-0.15, -0.1) is 11.8 Å². The van der Waals surface area contributed by atoms with Gasteiger partial charge in [0.1, 0.15) is 12.6 Å². The number of carbonyl (C=O) groups excluding carboxylic acids is 3. The van der Waals surface area contributed by atoms with Gasteiger partial charge in [-0.25, -0.2) is 9.69 Å². The van der Waals surface area contributed by atoms with Crippen molar-refractivity contribution >= 4 is 35.6 Å². The van der Waals surface area contributed by atoms with E-state index in [1.54, 1.807) is 12.1 Å². The van der Waals surface area contributed by atoms with Crippen molar-refractivity contribution < 1.29 is 29.0 Å². The molecule has 1 aromatic carbocycles. The molecule has 0 radical (unpaired) electrons. The monoisotopic (exact) mass is 436 g/mol. The summed E-state index contributed by atoms with van der Waals surface area (Å²) in [5.74, 6) is -1.09. The predicted molar refractivity (Wildman–Crippen MR) is 113 cm³/mol. The number of thioether (sulfide) groups is 1. The normalized spacial score (nSPS) is 17.1. The lowest BCUT2D eigenvalue weighted by Crippen LogP contribution is -2.51. The SMILES string of the molecule is CC(C)C[C@@H](CSCC(=O)O)NC(=O)[C@@H]1CCC(=O)N1C(=O)OCc1ccccc1. The average Bonchev–Trinajstić information content (AvgIpc) is 3.07. The molecule has 1 aliphatic rings. The summed E-state index contributed by atoms with van der Waals surface area (Å²) in [7, 11) is 0. The highest BCUT2D eigenvalue weighted by molar-refractivity contribution is 7.99. The number of hydrogen-bond acceptors (Lipinski definition) is 6. The van der Waals surface area contributed by atoms with Gasteiger partial charge < -0.3 is 15.2 Å².